The Morgan fingerprint density at radius 3 is 2.46 bits per heavy atom. The number of nitrogens with one attached hydrogen (secondary N) is 3. The normalized spacial score (nSPS) is 17.9. The van der Waals surface area contributed by atoms with Crippen LogP contribution in [-0.4, -0.2) is 75.5 Å². The number of urea groups is 1. The van der Waals surface area contributed by atoms with Crippen molar-refractivity contribution in [2.24, 2.45) is 0 Å². The van der Waals surface area contributed by atoms with E-state index in [0.29, 0.717) is 44.7 Å². The molecular formula is C35H44N8O3. The molecule has 1 aliphatic heterocycles. The number of carbonyl (C=O) groups excluding carboxylic acids is 3. The number of carbonyl (C=O) groups is 3. The molecule has 3 N–H and O–H groups in total. The van der Waals surface area contributed by atoms with Crippen molar-refractivity contribution in [2.45, 2.75) is 77.0 Å². The summed E-state index contributed by atoms with van der Waals surface area (Å²) in [4.78, 5) is 47.0. The Hall–Kier alpha value is -4.69. The van der Waals surface area contributed by atoms with Gasteiger partial charge in [-0.1, -0.05) is 43.5 Å². The van der Waals surface area contributed by atoms with E-state index in [1.165, 1.54) is 13.3 Å². The molecule has 4 amide bonds. The summed E-state index contributed by atoms with van der Waals surface area (Å²) in [6, 6.07) is 16.7. The lowest BCUT2D eigenvalue weighted by molar-refractivity contribution is -0.127. The molecule has 2 aromatic carbocycles. The third-order valence-electron chi connectivity index (χ3n) is 9.08. The SMILES string of the molecule is CC(=O)Nc1ccc(C(C)N2CCN(C(=O)NC3CCCCC3)[C@@H](C(=O)NCCc3cncn3Cc3ccc(C#N)cc3)C2)cc1. The summed E-state index contributed by atoms with van der Waals surface area (Å²) in [5.74, 6) is -0.289. The summed E-state index contributed by atoms with van der Waals surface area (Å²) in [6.07, 6.45) is 9.55. The minimum Gasteiger partial charge on any atom is -0.354 e. The first-order valence-corrected chi connectivity index (χ1v) is 16.2. The molecule has 11 nitrogen and oxygen atoms in total. The van der Waals surface area contributed by atoms with E-state index >= 15 is 0 Å². The number of aromatic nitrogens is 2. The zero-order chi connectivity index (χ0) is 32.5. The Balaban J connectivity index is 1.23. The van der Waals surface area contributed by atoms with E-state index in [1.54, 1.807) is 29.6 Å². The van der Waals surface area contributed by atoms with Gasteiger partial charge in [0.1, 0.15) is 6.04 Å². The summed E-state index contributed by atoms with van der Waals surface area (Å²) in [7, 11) is 0. The van der Waals surface area contributed by atoms with Crippen LogP contribution in [0.1, 0.15) is 74.4 Å². The molecule has 0 spiro atoms. The third-order valence-corrected chi connectivity index (χ3v) is 9.08. The second-order valence-electron chi connectivity index (χ2n) is 12.3. The number of nitrogens with zero attached hydrogens (tertiary/aromatic N) is 5. The fourth-order valence-corrected chi connectivity index (χ4v) is 6.40. The van der Waals surface area contributed by atoms with Crippen LogP contribution in [-0.2, 0) is 22.6 Å². The highest BCUT2D eigenvalue weighted by atomic mass is 16.2. The van der Waals surface area contributed by atoms with Crippen LogP contribution in [0.3, 0.4) is 0 Å². The molecule has 0 radical (unpaired) electrons. The molecule has 1 saturated carbocycles. The molecule has 1 aromatic heterocycles. The van der Waals surface area contributed by atoms with Crippen LogP contribution >= 0.6 is 0 Å². The lowest BCUT2D eigenvalue weighted by atomic mass is 9.95. The fourth-order valence-electron chi connectivity index (χ4n) is 6.40. The highest BCUT2D eigenvalue weighted by Gasteiger charge is 2.37. The van der Waals surface area contributed by atoms with Crippen LogP contribution in [0.5, 0.6) is 0 Å². The van der Waals surface area contributed by atoms with Gasteiger partial charge in [0.2, 0.25) is 11.8 Å². The van der Waals surface area contributed by atoms with Gasteiger partial charge in [0.25, 0.3) is 0 Å². The van der Waals surface area contributed by atoms with Crippen LogP contribution in [0.15, 0.2) is 61.1 Å². The van der Waals surface area contributed by atoms with Gasteiger partial charge < -0.3 is 25.4 Å². The smallest absolute Gasteiger partial charge is 0.318 e. The first-order valence-electron chi connectivity index (χ1n) is 16.2. The van der Waals surface area contributed by atoms with Crippen molar-refractivity contribution in [1.82, 2.24) is 30.0 Å². The molecule has 5 rings (SSSR count). The molecular weight excluding hydrogens is 580 g/mol. The number of nitriles is 1. The van der Waals surface area contributed by atoms with Gasteiger partial charge in [-0.05, 0) is 55.2 Å². The predicted molar refractivity (Wildman–Crippen MR) is 176 cm³/mol. The molecule has 2 atom stereocenters. The van der Waals surface area contributed by atoms with Crippen molar-refractivity contribution < 1.29 is 14.4 Å². The minimum atomic E-state index is -0.637. The number of amides is 4. The molecule has 1 aliphatic carbocycles. The van der Waals surface area contributed by atoms with Gasteiger partial charge >= 0.3 is 6.03 Å². The van der Waals surface area contributed by atoms with Crippen LogP contribution in [0.2, 0.25) is 0 Å². The first kappa shape index (κ1) is 32.7. The van der Waals surface area contributed by atoms with E-state index in [9.17, 15) is 14.4 Å². The Morgan fingerprint density at radius 2 is 1.76 bits per heavy atom. The zero-order valence-corrected chi connectivity index (χ0v) is 26.7. The molecule has 11 heteroatoms. The molecule has 2 aliphatic rings. The van der Waals surface area contributed by atoms with Crippen molar-refractivity contribution >= 4 is 23.5 Å². The van der Waals surface area contributed by atoms with Gasteiger partial charge in [-0.2, -0.15) is 5.26 Å². The van der Waals surface area contributed by atoms with E-state index < -0.39 is 6.04 Å². The average molecular weight is 625 g/mol. The number of rotatable bonds is 10. The van der Waals surface area contributed by atoms with Crippen molar-refractivity contribution in [2.75, 3.05) is 31.5 Å². The highest BCUT2D eigenvalue weighted by Crippen LogP contribution is 2.26. The number of anilines is 1. The van der Waals surface area contributed by atoms with Gasteiger partial charge in [0, 0.05) is 75.7 Å². The molecule has 3 aromatic rings. The Morgan fingerprint density at radius 1 is 1.02 bits per heavy atom. The fraction of sp³-hybridized carbons (Fsp3) is 0.457. The average Bonchev–Trinajstić information content (AvgIpc) is 3.51. The number of hydrogen-bond acceptors (Lipinski definition) is 6. The number of imidazole rings is 1. The number of benzene rings is 2. The molecule has 1 saturated heterocycles. The van der Waals surface area contributed by atoms with Crippen LogP contribution in [0, 0.1) is 11.3 Å². The lowest BCUT2D eigenvalue weighted by Crippen LogP contribution is -2.63. The molecule has 2 heterocycles. The van der Waals surface area contributed by atoms with E-state index in [2.05, 4.69) is 38.8 Å². The summed E-state index contributed by atoms with van der Waals surface area (Å²) < 4.78 is 2.04. The van der Waals surface area contributed by atoms with Crippen molar-refractivity contribution in [3.05, 3.63) is 83.4 Å². The maximum atomic E-state index is 13.8. The summed E-state index contributed by atoms with van der Waals surface area (Å²) in [5, 5.41) is 18.2. The number of hydrogen-bond donors (Lipinski definition) is 3. The monoisotopic (exact) mass is 624 g/mol. The quantitative estimate of drug-likeness (QED) is 0.309. The second-order valence-corrected chi connectivity index (χ2v) is 12.3. The predicted octanol–water partition coefficient (Wildman–Crippen LogP) is 4.21. The Kier molecular flexibility index (Phi) is 11.0. The minimum absolute atomic E-state index is 0.0156. The van der Waals surface area contributed by atoms with Crippen molar-refractivity contribution in [3.8, 4) is 6.07 Å². The van der Waals surface area contributed by atoms with E-state index in [4.69, 9.17) is 5.26 Å². The maximum Gasteiger partial charge on any atom is 0.318 e. The van der Waals surface area contributed by atoms with E-state index in [0.717, 1.165) is 48.2 Å². The van der Waals surface area contributed by atoms with Crippen LogP contribution in [0.25, 0.3) is 0 Å². The largest absolute Gasteiger partial charge is 0.354 e. The van der Waals surface area contributed by atoms with Crippen molar-refractivity contribution in [1.29, 1.82) is 5.26 Å². The van der Waals surface area contributed by atoms with Gasteiger partial charge in [-0.25, -0.2) is 9.78 Å². The van der Waals surface area contributed by atoms with Crippen LogP contribution < -0.4 is 16.0 Å². The molecule has 46 heavy (non-hydrogen) atoms. The standard InChI is InChI=1S/C35H44N8O3/c1-25(29-12-14-31(15-13-29)39-26(2)44)41-18-19-43(35(46)40-30-6-4-3-5-7-30)33(23-41)34(45)38-17-16-32-21-37-24-42(32)22-28-10-8-27(20-36)9-11-28/h8-15,21,24-25,30,33H,3-7,16-19,22-23H2,1-2H3,(H,38,45)(H,39,44)(H,40,46)/t25?,33-/m1/s1. The Bertz CT molecular complexity index is 1520. The molecule has 2 fully saturated rings. The maximum absolute atomic E-state index is 13.8. The van der Waals surface area contributed by atoms with Crippen molar-refractivity contribution in [3.63, 3.8) is 0 Å². The van der Waals surface area contributed by atoms with Gasteiger partial charge in [-0.15, -0.1) is 0 Å². The summed E-state index contributed by atoms with van der Waals surface area (Å²) >= 11 is 0. The summed E-state index contributed by atoms with van der Waals surface area (Å²) in [6.45, 7) is 6.12. The van der Waals surface area contributed by atoms with Gasteiger partial charge in [0.05, 0.1) is 18.0 Å². The zero-order valence-electron chi connectivity index (χ0n) is 26.7. The first-order chi connectivity index (χ1) is 22.3. The third kappa shape index (κ3) is 8.52. The van der Waals surface area contributed by atoms with Gasteiger partial charge in [-0.3, -0.25) is 14.5 Å². The Labute approximate surface area is 271 Å². The highest BCUT2D eigenvalue weighted by molar-refractivity contribution is 5.89. The lowest BCUT2D eigenvalue weighted by Gasteiger charge is -2.43. The molecule has 1 unspecified atom stereocenters. The second kappa shape index (κ2) is 15.5. The molecule has 0 bridgehead atoms. The van der Waals surface area contributed by atoms with Crippen LogP contribution in [0.4, 0.5) is 10.5 Å². The van der Waals surface area contributed by atoms with E-state index in [1.807, 2.05) is 41.0 Å². The van der Waals surface area contributed by atoms with E-state index in [-0.39, 0.29) is 29.9 Å². The van der Waals surface area contributed by atoms with Gasteiger partial charge in [0.15, 0.2) is 0 Å². The molecule has 242 valence electrons. The number of piperazine rings is 1. The topological polar surface area (TPSA) is 135 Å². The summed E-state index contributed by atoms with van der Waals surface area (Å²) in [5.41, 5.74) is 4.47.